The second-order valence-corrected chi connectivity index (χ2v) is 8.74. The van der Waals surface area contributed by atoms with Crippen LogP contribution in [0.5, 0.6) is 0 Å². The molecule has 1 aliphatic carbocycles. The van der Waals surface area contributed by atoms with Crippen LogP contribution in [0.25, 0.3) is 0 Å². The first-order valence-electron chi connectivity index (χ1n) is 10.8. The van der Waals surface area contributed by atoms with Crippen LogP contribution in [-0.2, 0) is 22.6 Å². The first kappa shape index (κ1) is 25.2. The Morgan fingerprint density at radius 1 is 1.12 bits per heavy atom. The summed E-state index contributed by atoms with van der Waals surface area (Å²) in [7, 11) is 0. The van der Waals surface area contributed by atoms with E-state index < -0.39 is 23.5 Å². The van der Waals surface area contributed by atoms with Crippen molar-refractivity contribution in [3.63, 3.8) is 0 Å². The maximum atomic E-state index is 13.5. The third-order valence-electron chi connectivity index (χ3n) is 5.19. The second kappa shape index (κ2) is 12.2. The highest BCUT2D eigenvalue weighted by Crippen LogP contribution is 2.23. The van der Waals surface area contributed by atoms with E-state index in [-0.39, 0.29) is 23.7 Å². The molecule has 34 heavy (non-hydrogen) atoms. The molecule has 1 amide bonds. The van der Waals surface area contributed by atoms with Crippen LogP contribution in [0.2, 0.25) is 0 Å². The fourth-order valence-corrected chi connectivity index (χ4v) is 4.32. The molecule has 0 saturated heterocycles. The van der Waals surface area contributed by atoms with E-state index >= 15 is 0 Å². The van der Waals surface area contributed by atoms with Gasteiger partial charge in [-0.1, -0.05) is 12.8 Å². The average Bonchev–Trinajstić information content (AvgIpc) is 3.17. The SMILES string of the molecule is O=C(O)Cc1csc(NC(=O)C(=CO)C=C2CCCCCCC2=NCc2cc(F)cc(F)c2)n1. The number of anilines is 1. The second-order valence-electron chi connectivity index (χ2n) is 7.88. The number of thiazole rings is 1. The molecule has 2 aromatic rings. The molecule has 1 aliphatic rings. The van der Waals surface area contributed by atoms with E-state index in [1.54, 1.807) is 11.5 Å². The molecule has 0 atom stereocenters. The minimum Gasteiger partial charge on any atom is -0.515 e. The van der Waals surface area contributed by atoms with Crippen molar-refractivity contribution in [2.75, 3.05) is 5.32 Å². The number of aliphatic hydroxyl groups excluding tert-OH is 1. The molecule has 1 heterocycles. The molecule has 0 unspecified atom stereocenters. The molecular formula is C24H25F2N3O4S. The zero-order chi connectivity index (χ0) is 24.5. The number of nitrogens with one attached hydrogen (secondary N) is 1. The van der Waals surface area contributed by atoms with Crippen LogP contribution in [0.1, 0.15) is 49.8 Å². The Hall–Kier alpha value is -3.40. The van der Waals surface area contributed by atoms with Crippen LogP contribution in [0.3, 0.4) is 0 Å². The molecule has 7 nitrogen and oxygen atoms in total. The van der Waals surface area contributed by atoms with E-state index in [1.807, 2.05) is 0 Å². The first-order valence-corrected chi connectivity index (χ1v) is 11.7. The third-order valence-corrected chi connectivity index (χ3v) is 6.00. The van der Waals surface area contributed by atoms with Crippen LogP contribution >= 0.6 is 11.3 Å². The van der Waals surface area contributed by atoms with Crippen molar-refractivity contribution in [3.8, 4) is 0 Å². The normalized spacial score (nSPS) is 17.4. The molecule has 3 N–H and O–H groups in total. The quantitative estimate of drug-likeness (QED) is 0.359. The highest BCUT2D eigenvalue weighted by atomic mass is 32.1. The molecule has 1 aromatic carbocycles. The zero-order valence-electron chi connectivity index (χ0n) is 18.4. The number of amides is 1. The Balaban J connectivity index is 1.80. The fourth-order valence-electron chi connectivity index (χ4n) is 3.61. The zero-order valence-corrected chi connectivity index (χ0v) is 19.2. The molecule has 0 spiro atoms. The highest BCUT2D eigenvalue weighted by molar-refractivity contribution is 7.14. The van der Waals surface area contributed by atoms with Crippen LogP contribution in [-0.4, -0.2) is 32.8 Å². The number of carboxylic acid groups (broad SMARTS) is 1. The number of aliphatic hydroxyl groups is 1. The summed E-state index contributed by atoms with van der Waals surface area (Å²) in [5.74, 6) is -2.96. The summed E-state index contributed by atoms with van der Waals surface area (Å²) in [6.45, 7) is 0.0944. The Labute approximate surface area is 199 Å². The highest BCUT2D eigenvalue weighted by Gasteiger charge is 2.16. The average molecular weight is 490 g/mol. The molecule has 0 radical (unpaired) electrons. The van der Waals surface area contributed by atoms with Gasteiger partial charge in [0.25, 0.3) is 5.91 Å². The van der Waals surface area contributed by atoms with E-state index in [9.17, 15) is 23.5 Å². The largest absolute Gasteiger partial charge is 0.515 e. The van der Waals surface area contributed by atoms with Gasteiger partial charge in [-0.15, -0.1) is 11.3 Å². The predicted molar refractivity (Wildman–Crippen MR) is 126 cm³/mol. The van der Waals surface area contributed by atoms with Crippen molar-refractivity contribution in [1.82, 2.24) is 4.98 Å². The van der Waals surface area contributed by atoms with Gasteiger partial charge in [-0.3, -0.25) is 19.9 Å². The summed E-state index contributed by atoms with van der Waals surface area (Å²) in [5, 5.41) is 22.9. The van der Waals surface area contributed by atoms with Gasteiger partial charge in [0.1, 0.15) is 11.6 Å². The van der Waals surface area contributed by atoms with Gasteiger partial charge in [0.15, 0.2) is 5.13 Å². The fraction of sp³-hybridized carbons (Fsp3) is 0.333. The summed E-state index contributed by atoms with van der Waals surface area (Å²) in [6.07, 6.45) is 7.13. The number of hydrogen-bond acceptors (Lipinski definition) is 6. The summed E-state index contributed by atoms with van der Waals surface area (Å²) in [4.78, 5) is 32.2. The van der Waals surface area contributed by atoms with E-state index in [4.69, 9.17) is 5.11 Å². The molecule has 0 bridgehead atoms. The van der Waals surface area contributed by atoms with Crippen LogP contribution in [0, 0.1) is 11.6 Å². The van der Waals surface area contributed by atoms with E-state index in [0.717, 1.165) is 54.4 Å². The Morgan fingerprint density at radius 2 is 1.82 bits per heavy atom. The number of carbonyl (C=O) groups is 2. The predicted octanol–water partition coefficient (Wildman–Crippen LogP) is 5.35. The number of carboxylic acids is 1. The van der Waals surface area contributed by atoms with Gasteiger partial charge >= 0.3 is 5.97 Å². The van der Waals surface area contributed by atoms with E-state index in [0.29, 0.717) is 30.4 Å². The number of nitrogens with zero attached hydrogens (tertiary/aromatic N) is 2. The monoisotopic (exact) mass is 489 g/mol. The molecule has 1 aromatic heterocycles. The Kier molecular flexibility index (Phi) is 9.03. The van der Waals surface area contributed by atoms with Gasteiger partial charge in [0.05, 0.1) is 30.5 Å². The minimum absolute atomic E-state index is 0.00458. The van der Waals surface area contributed by atoms with Crippen molar-refractivity contribution in [3.05, 3.63) is 70.0 Å². The Morgan fingerprint density at radius 3 is 2.50 bits per heavy atom. The Bertz CT molecular complexity index is 1120. The van der Waals surface area contributed by atoms with Crippen LogP contribution in [0.15, 0.2) is 52.1 Å². The standard InChI is InChI=1S/C24H25F2N3O4S/c25-18-7-15(8-19(26)10-18)12-27-21-6-4-2-1-3-5-16(21)9-17(13-30)23(33)29-24-28-20(14-34-24)11-22(31)32/h7-10,13-14,30H,1-6,11-12H2,(H,31,32)(H,28,29,33). The third kappa shape index (κ3) is 7.58. The number of rotatable bonds is 7. The van der Waals surface area contributed by atoms with Crippen molar-refractivity contribution >= 4 is 34.1 Å². The van der Waals surface area contributed by atoms with Gasteiger partial charge in [-0.05, 0) is 55.0 Å². The minimum atomic E-state index is -1.03. The van der Waals surface area contributed by atoms with Gasteiger partial charge < -0.3 is 10.2 Å². The lowest BCUT2D eigenvalue weighted by atomic mass is 9.92. The molecule has 1 saturated carbocycles. The summed E-state index contributed by atoms with van der Waals surface area (Å²) in [6, 6.07) is 3.28. The number of halogens is 2. The van der Waals surface area contributed by atoms with Gasteiger partial charge in [0.2, 0.25) is 0 Å². The van der Waals surface area contributed by atoms with Gasteiger partial charge in [-0.2, -0.15) is 0 Å². The number of aliphatic carboxylic acids is 1. The summed E-state index contributed by atoms with van der Waals surface area (Å²) >= 11 is 1.09. The number of hydrogen-bond donors (Lipinski definition) is 3. The number of aromatic nitrogens is 1. The molecule has 0 aliphatic heterocycles. The molecule has 3 rings (SSSR count). The first-order chi connectivity index (χ1) is 16.3. The lowest BCUT2D eigenvalue weighted by Crippen LogP contribution is -2.15. The number of aliphatic imine (C=N–C) groups is 1. The van der Waals surface area contributed by atoms with Gasteiger partial charge in [-0.25, -0.2) is 13.8 Å². The number of allylic oxidation sites excluding steroid dienone is 1. The maximum absolute atomic E-state index is 13.5. The molecule has 180 valence electrons. The van der Waals surface area contributed by atoms with Crippen molar-refractivity contribution < 1.29 is 28.6 Å². The molecular weight excluding hydrogens is 464 g/mol. The molecule has 10 heteroatoms. The summed E-state index contributed by atoms with van der Waals surface area (Å²) < 4.78 is 27.1. The van der Waals surface area contributed by atoms with E-state index in [2.05, 4.69) is 15.3 Å². The number of benzene rings is 1. The lowest BCUT2D eigenvalue weighted by molar-refractivity contribution is -0.136. The van der Waals surface area contributed by atoms with Crippen molar-refractivity contribution in [1.29, 1.82) is 0 Å². The lowest BCUT2D eigenvalue weighted by Gasteiger charge is -2.16. The summed E-state index contributed by atoms with van der Waals surface area (Å²) in [5.41, 5.74) is 2.23. The van der Waals surface area contributed by atoms with Gasteiger partial charge in [0, 0.05) is 17.2 Å². The maximum Gasteiger partial charge on any atom is 0.309 e. The van der Waals surface area contributed by atoms with Crippen molar-refractivity contribution in [2.24, 2.45) is 4.99 Å². The molecule has 1 fully saturated rings. The topological polar surface area (TPSA) is 112 Å². The van der Waals surface area contributed by atoms with Crippen LogP contribution < -0.4 is 5.32 Å². The van der Waals surface area contributed by atoms with Crippen molar-refractivity contribution in [2.45, 2.75) is 51.5 Å². The van der Waals surface area contributed by atoms with Crippen LogP contribution in [0.4, 0.5) is 13.9 Å². The van der Waals surface area contributed by atoms with E-state index in [1.165, 1.54) is 12.1 Å². The smallest absolute Gasteiger partial charge is 0.309 e. The number of carbonyl (C=O) groups excluding carboxylic acids is 1.